The molecular weight excluding hydrogens is 500 g/mol. The number of ether oxygens (including phenoxy) is 6. The first-order valence-corrected chi connectivity index (χ1v) is 11.6. The molecule has 0 aliphatic heterocycles. The third kappa shape index (κ3) is 10.2. The van der Waals surface area contributed by atoms with Crippen LogP contribution in [0.15, 0.2) is 41.5 Å². The number of benzene rings is 2. The van der Waals surface area contributed by atoms with E-state index in [9.17, 15) is 14.4 Å². The van der Waals surface area contributed by atoms with Crippen LogP contribution in [0.5, 0.6) is 23.0 Å². The molecule has 0 unspecified atom stereocenters. The highest BCUT2D eigenvalue weighted by molar-refractivity contribution is 5.82. The van der Waals surface area contributed by atoms with Crippen LogP contribution in [0.3, 0.4) is 0 Å². The molecule has 13 nitrogen and oxygen atoms in total. The van der Waals surface area contributed by atoms with Gasteiger partial charge in [-0.25, -0.2) is 25.2 Å². The predicted octanol–water partition coefficient (Wildman–Crippen LogP) is 1.93. The van der Waals surface area contributed by atoms with E-state index in [0.29, 0.717) is 28.6 Å². The van der Waals surface area contributed by atoms with E-state index < -0.39 is 18.0 Å². The summed E-state index contributed by atoms with van der Waals surface area (Å²) >= 11 is 0. The molecule has 0 heterocycles. The van der Waals surface area contributed by atoms with Crippen LogP contribution < -0.4 is 35.2 Å². The van der Waals surface area contributed by atoms with Crippen molar-refractivity contribution in [1.29, 1.82) is 0 Å². The third-order valence-corrected chi connectivity index (χ3v) is 4.59. The van der Waals surface area contributed by atoms with Crippen molar-refractivity contribution >= 4 is 24.2 Å². The van der Waals surface area contributed by atoms with Gasteiger partial charge >= 0.3 is 18.0 Å². The number of hydrogen-bond donors (Lipinski definition) is 3. The molecule has 2 aromatic carbocycles. The van der Waals surface area contributed by atoms with Gasteiger partial charge in [-0.1, -0.05) is 6.07 Å². The van der Waals surface area contributed by atoms with Crippen molar-refractivity contribution in [3.8, 4) is 23.0 Å². The summed E-state index contributed by atoms with van der Waals surface area (Å²) in [6, 6.07) is 9.44. The molecule has 0 aliphatic carbocycles. The standard InChI is InChI=1S/C25H32N4O9/c1-5-35-23(30)15-37-19-9-7-17(11-21(19)33-3)13-26-28-25(32)29-27-14-18-8-10-20(22(12-18)34-4)38-16-24(31)36-6-2/h7-13,27H,5-6,14-16H2,1-4H3,(H2,28,29,32)/b26-13-. The monoisotopic (exact) mass is 532 g/mol. The number of rotatable bonds is 15. The number of hydrogen-bond acceptors (Lipinski definition) is 11. The number of urea groups is 1. The topological polar surface area (TPSA) is 155 Å². The van der Waals surface area contributed by atoms with Crippen molar-refractivity contribution in [2.75, 3.05) is 40.6 Å². The second kappa shape index (κ2) is 16.3. The van der Waals surface area contributed by atoms with Crippen molar-refractivity contribution in [1.82, 2.24) is 16.3 Å². The molecule has 0 saturated carbocycles. The Balaban J connectivity index is 1.80. The molecule has 38 heavy (non-hydrogen) atoms. The zero-order valence-electron chi connectivity index (χ0n) is 21.7. The van der Waals surface area contributed by atoms with Gasteiger partial charge in [0, 0.05) is 6.54 Å². The molecule has 0 aliphatic rings. The van der Waals surface area contributed by atoms with Gasteiger partial charge in [0.1, 0.15) is 0 Å². The van der Waals surface area contributed by atoms with Gasteiger partial charge in [0.2, 0.25) is 0 Å². The van der Waals surface area contributed by atoms with E-state index in [-0.39, 0.29) is 33.0 Å². The Morgan fingerprint density at radius 1 is 0.816 bits per heavy atom. The van der Waals surface area contributed by atoms with Crippen LogP contribution in [-0.2, 0) is 25.6 Å². The minimum absolute atomic E-state index is 0.232. The van der Waals surface area contributed by atoms with E-state index in [0.717, 1.165) is 5.56 Å². The summed E-state index contributed by atoms with van der Waals surface area (Å²) in [6.07, 6.45) is 1.41. The quantitative estimate of drug-likeness (QED) is 0.176. The lowest BCUT2D eigenvalue weighted by molar-refractivity contribution is -0.146. The highest BCUT2D eigenvalue weighted by Gasteiger charge is 2.10. The summed E-state index contributed by atoms with van der Waals surface area (Å²) in [4.78, 5) is 34.9. The summed E-state index contributed by atoms with van der Waals surface area (Å²) in [5.74, 6) is 0.601. The third-order valence-electron chi connectivity index (χ3n) is 4.59. The lowest BCUT2D eigenvalue weighted by Crippen LogP contribution is -2.42. The Morgan fingerprint density at radius 2 is 1.39 bits per heavy atom. The van der Waals surface area contributed by atoms with Crippen molar-refractivity contribution in [2.45, 2.75) is 20.4 Å². The summed E-state index contributed by atoms with van der Waals surface area (Å²) < 4.78 is 31.1. The number of hydrazine groups is 1. The molecule has 2 aromatic rings. The zero-order chi connectivity index (χ0) is 27.8. The summed E-state index contributed by atoms with van der Waals surface area (Å²) in [5.41, 5.74) is 8.96. The SMILES string of the molecule is CCOC(=O)COc1ccc(/C=N\NC(=O)NNCc2ccc(OCC(=O)OCC)c(OC)c2)cc1OC. The highest BCUT2D eigenvalue weighted by Crippen LogP contribution is 2.28. The number of nitrogens with zero attached hydrogens (tertiary/aromatic N) is 1. The molecular formula is C25H32N4O9. The average molecular weight is 533 g/mol. The first-order valence-electron chi connectivity index (χ1n) is 11.6. The van der Waals surface area contributed by atoms with Crippen LogP contribution in [0.1, 0.15) is 25.0 Å². The first kappa shape index (κ1) is 29.7. The number of methoxy groups -OCH3 is 2. The summed E-state index contributed by atoms with van der Waals surface area (Å²) in [5, 5.41) is 3.89. The molecule has 0 saturated heterocycles. The van der Waals surface area contributed by atoms with E-state index in [1.54, 1.807) is 50.2 Å². The zero-order valence-corrected chi connectivity index (χ0v) is 21.7. The predicted molar refractivity (Wildman–Crippen MR) is 136 cm³/mol. The Hall–Kier alpha value is -4.52. The minimum Gasteiger partial charge on any atom is -0.493 e. The molecule has 0 spiro atoms. The molecule has 2 rings (SSSR count). The molecule has 0 atom stereocenters. The molecule has 0 aromatic heterocycles. The second-order valence-corrected chi connectivity index (χ2v) is 7.26. The fourth-order valence-corrected chi connectivity index (χ4v) is 2.92. The Labute approximate surface area is 220 Å². The minimum atomic E-state index is -0.594. The number of carbonyl (C=O) groups is 3. The molecule has 3 N–H and O–H groups in total. The van der Waals surface area contributed by atoms with E-state index in [4.69, 9.17) is 28.4 Å². The van der Waals surface area contributed by atoms with Gasteiger partial charge in [-0.3, -0.25) is 5.43 Å². The van der Waals surface area contributed by atoms with Crippen molar-refractivity contribution < 1.29 is 42.8 Å². The summed E-state index contributed by atoms with van der Waals surface area (Å²) in [7, 11) is 2.94. The van der Waals surface area contributed by atoms with E-state index in [2.05, 4.69) is 21.4 Å². The number of esters is 2. The van der Waals surface area contributed by atoms with Gasteiger partial charge in [0.25, 0.3) is 0 Å². The number of carbonyl (C=O) groups excluding carboxylic acids is 3. The fraction of sp³-hybridized carbons (Fsp3) is 0.360. The van der Waals surface area contributed by atoms with Crippen LogP contribution in [0.2, 0.25) is 0 Å². The molecule has 0 fully saturated rings. The molecule has 13 heteroatoms. The Bertz CT molecular complexity index is 1110. The lowest BCUT2D eigenvalue weighted by atomic mass is 10.2. The van der Waals surface area contributed by atoms with Crippen LogP contribution in [0, 0.1) is 0 Å². The van der Waals surface area contributed by atoms with Gasteiger partial charge in [-0.15, -0.1) is 0 Å². The maximum atomic E-state index is 12.0. The van der Waals surface area contributed by atoms with Crippen LogP contribution in [0.4, 0.5) is 4.79 Å². The van der Waals surface area contributed by atoms with Crippen LogP contribution >= 0.6 is 0 Å². The lowest BCUT2D eigenvalue weighted by Gasteiger charge is -2.12. The van der Waals surface area contributed by atoms with Gasteiger partial charge in [0.15, 0.2) is 36.2 Å². The Morgan fingerprint density at radius 3 is 1.97 bits per heavy atom. The molecule has 2 amide bonds. The maximum absolute atomic E-state index is 12.0. The average Bonchev–Trinajstić information content (AvgIpc) is 2.91. The van der Waals surface area contributed by atoms with Gasteiger partial charge in [-0.05, 0) is 55.3 Å². The van der Waals surface area contributed by atoms with Gasteiger partial charge in [0.05, 0.1) is 33.6 Å². The highest BCUT2D eigenvalue weighted by atomic mass is 16.6. The largest absolute Gasteiger partial charge is 0.493 e. The first-order chi connectivity index (χ1) is 18.4. The Kier molecular flexibility index (Phi) is 12.7. The number of amides is 2. The van der Waals surface area contributed by atoms with Crippen LogP contribution in [0.25, 0.3) is 0 Å². The molecule has 206 valence electrons. The van der Waals surface area contributed by atoms with Gasteiger partial charge < -0.3 is 28.4 Å². The fourth-order valence-electron chi connectivity index (χ4n) is 2.92. The smallest absolute Gasteiger partial charge is 0.349 e. The van der Waals surface area contributed by atoms with Crippen LogP contribution in [-0.4, -0.2) is 64.8 Å². The maximum Gasteiger partial charge on any atom is 0.349 e. The second-order valence-electron chi connectivity index (χ2n) is 7.26. The summed E-state index contributed by atoms with van der Waals surface area (Å²) in [6.45, 7) is 3.76. The van der Waals surface area contributed by atoms with E-state index >= 15 is 0 Å². The molecule has 0 bridgehead atoms. The van der Waals surface area contributed by atoms with E-state index in [1.807, 2.05) is 0 Å². The van der Waals surface area contributed by atoms with E-state index in [1.165, 1.54) is 20.4 Å². The number of hydrazone groups is 1. The molecule has 0 radical (unpaired) electrons. The number of nitrogens with one attached hydrogen (secondary N) is 3. The van der Waals surface area contributed by atoms with Gasteiger partial charge in [-0.2, -0.15) is 5.10 Å². The van der Waals surface area contributed by atoms with Crippen molar-refractivity contribution in [3.05, 3.63) is 47.5 Å². The van der Waals surface area contributed by atoms with Crippen molar-refractivity contribution in [3.63, 3.8) is 0 Å². The normalized spacial score (nSPS) is 10.4. The van der Waals surface area contributed by atoms with Crippen molar-refractivity contribution in [2.24, 2.45) is 5.10 Å².